The zero-order valence-corrected chi connectivity index (χ0v) is 10.9. The van der Waals surface area contributed by atoms with E-state index < -0.39 is 9.84 Å². The van der Waals surface area contributed by atoms with E-state index in [0.29, 0.717) is 17.1 Å². The van der Waals surface area contributed by atoms with Gasteiger partial charge in [0.25, 0.3) is 0 Å². The van der Waals surface area contributed by atoms with E-state index in [0.717, 1.165) is 12.2 Å². The SMILES string of the molecule is COc1ccc(S(=O)(=O)CCCCS)cc1. The molecule has 90 valence electrons. The number of thiol groups is 1. The minimum absolute atomic E-state index is 0.180. The van der Waals surface area contributed by atoms with Crippen molar-refractivity contribution in [1.29, 1.82) is 0 Å². The zero-order chi connectivity index (χ0) is 12.0. The molecule has 16 heavy (non-hydrogen) atoms. The van der Waals surface area contributed by atoms with Crippen LogP contribution in [0.1, 0.15) is 12.8 Å². The van der Waals surface area contributed by atoms with Crippen molar-refractivity contribution in [3.8, 4) is 5.75 Å². The molecule has 0 saturated carbocycles. The Morgan fingerprint density at radius 3 is 2.31 bits per heavy atom. The van der Waals surface area contributed by atoms with Crippen molar-refractivity contribution < 1.29 is 13.2 Å². The van der Waals surface area contributed by atoms with Crippen LogP contribution in [0, 0.1) is 0 Å². The Morgan fingerprint density at radius 1 is 1.19 bits per heavy atom. The molecular weight excluding hydrogens is 244 g/mol. The van der Waals surface area contributed by atoms with E-state index in [2.05, 4.69) is 12.6 Å². The third-order valence-electron chi connectivity index (χ3n) is 2.24. The molecule has 5 heteroatoms. The monoisotopic (exact) mass is 260 g/mol. The maximum absolute atomic E-state index is 11.8. The van der Waals surface area contributed by atoms with Gasteiger partial charge in [0.15, 0.2) is 9.84 Å². The first-order chi connectivity index (χ1) is 7.60. The van der Waals surface area contributed by atoms with Crippen molar-refractivity contribution in [1.82, 2.24) is 0 Å². The quantitative estimate of drug-likeness (QED) is 0.630. The van der Waals surface area contributed by atoms with E-state index in [-0.39, 0.29) is 5.75 Å². The summed E-state index contributed by atoms with van der Waals surface area (Å²) in [6, 6.07) is 6.47. The second kappa shape index (κ2) is 6.15. The van der Waals surface area contributed by atoms with Gasteiger partial charge in [-0.2, -0.15) is 12.6 Å². The predicted molar refractivity (Wildman–Crippen MR) is 68.1 cm³/mol. The highest BCUT2D eigenvalue weighted by atomic mass is 32.2. The molecule has 0 amide bonds. The van der Waals surface area contributed by atoms with Gasteiger partial charge in [0.2, 0.25) is 0 Å². The summed E-state index contributed by atoms with van der Waals surface area (Å²) in [5.74, 6) is 1.56. The van der Waals surface area contributed by atoms with E-state index in [9.17, 15) is 8.42 Å². The van der Waals surface area contributed by atoms with Crippen LogP contribution in [0.2, 0.25) is 0 Å². The van der Waals surface area contributed by atoms with Gasteiger partial charge in [-0.25, -0.2) is 8.42 Å². The van der Waals surface area contributed by atoms with Crippen LogP contribution in [0.25, 0.3) is 0 Å². The largest absolute Gasteiger partial charge is 0.497 e. The molecule has 0 atom stereocenters. The lowest BCUT2D eigenvalue weighted by atomic mass is 10.3. The van der Waals surface area contributed by atoms with E-state index >= 15 is 0 Å². The van der Waals surface area contributed by atoms with Crippen LogP contribution in [0.15, 0.2) is 29.2 Å². The molecule has 0 heterocycles. The van der Waals surface area contributed by atoms with E-state index in [1.54, 1.807) is 31.4 Å². The first-order valence-electron chi connectivity index (χ1n) is 5.08. The summed E-state index contributed by atoms with van der Waals surface area (Å²) in [4.78, 5) is 0.354. The summed E-state index contributed by atoms with van der Waals surface area (Å²) in [7, 11) is -1.60. The molecule has 0 aliphatic carbocycles. The minimum atomic E-state index is -3.15. The third-order valence-corrected chi connectivity index (χ3v) is 4.37. The van der Waals surface area contributed by atoms with Crippen molar-refractivity contribution in [2.45, 2.75) is 17.7 Å². The number of rotatable bonds is 6. The molecule has 1 aromatic carbocycles. The molecule has 3 nitrogen and oxygen atoms in total. The standard InChI is InChI=1S/C11H16O3S2/c1-14-10-4-6-11(7-5-10)16(12,13)9-3-2-8-15/h4-7,15H,2-3,8-9H2,1H3. The van der Waals surface area contributed by atoms with E-state index in [1.165, 1.54) is 0 Å². The first kappa shape index (κ1) is 13.4. The minimum Gasteiger partial charge on any atom is -0.497 e. The Balaban J connectivity index is 2.74. The first-order valence-corrected chi connectivity index (χ1v) is 7.36. The molecule has 0 bridgehead atoms. The summed E-state index contributed by atoms with van der Waals surface area (Å²) in [6.07, 6.45) is 1.47. The summed E-state index contributed by atoms with van der Waals surface area (Å²) < 4.78 is 28.7. The molecule has 0 radical (unpaired) electrons. The molecule has 0 saturated heterocycles. The fraction of sp³-hybridized carbons (Fsp3) is 0.455. The second-order valence-corrected chi connectivity index (χ2v) is 5.98. The van der Waals surface area contributed by atoms with Gasteiger partial charge < -0.3 is 4.74 Å². The van der Waals surface area contributed by atoms with Gasteiger partial charge in [0.1, 0.15) is 5.75 Å². The molecule has 0 aromatic heterocycles. The lowest BCUT2D eigenvalue weighted by Gasteiger charge is -2.05. The molecule has 0 aliphatic heterocycles. The lowest BCUT2D eigenvalue weighted by molar-refractivity contribution is 0.414. The van der Waals surface area contributed by atoms with Gasteiger partial charge in [-0.1, -0.05) is 0 Å². The summed E-state index contributed by atoms with van der Waals surface area (Å²) >= 11 is 4.05. The summed E-state index contributed by atoms with van der Waals surface area (Å²) in [5.41, 5.74) is 0. The molecule has 0 fully saturated rings. The van der Waals surface area contributed by atoms with Crippen molar-refractivity contribution >= 4 is 22.5 Å². The number of hydrogen-bond donors (Lipinski definition) is 1. The number of methoxy groups -OCH3 is 1. The van der Waals surface area contributed by atoms with Crippen LogP contribution >= 0.6 is 12.6 Å². The number of unbranched alkanes of at least 4 members (excludes halogenated alkanes) is 1. The van der Waals surface area contributed by atoms with Crippen LogP contribution in [0.5, 0.6) is 5.75 Å². The Bertz CT molecular complexity index is 409. The predicted octanol–water partition coefficient (Wildman–Crippen LogP) is 2.18. The molecule has 0 aliphatic rings. The second-order valence-electron chi connectivity index (χ2n) is 3.43. The van der Waals surface area contributed by atoms with Gasteiger partial charge >= 0.3 is 0 Å². The van der Waals surface area contributed by atoms with E-state index in [1.807, 2.05) is 0 Å². The third kappa shape index (κ3) is 3.72. The number of benzene rings is 1. The van der Waals surface area contributed by atoms with Gasteiger partial charge in [-0.3, -0.25) is 0 Å². The van der Waals surface area contributed by atoms with Crippen molar-refractivity contribution in [3.05, 3.63) is 24.3 Å². The highest BCUT2D eigenvalue weighted by Crippen LogP contribution is 2.17. The highest BCUT2D eigenvalue weighted by Gasteiger charge is 2.13. The van der Waals surface area contributed by atoms with Gasteiger partial charge in [0, 0.05) is 0 Å². The summed E-state index contributed by atoms with van der Waals surface area (Å²) in [6.45, 7) is 0. The molecule has 0 spiro atoms. The van der Waals surface area contributed by atoms with Gasteiger partial charge in [-0.15, -0.1) is 0 Å². The Morgan fingerprint density at radius 2 is 1.81 bits per heavy atom. The topological polar surface area (TPSA) is 43.4 Å². The maximum atomic E-state index is 11.8. The average Bonchev–Trinajstić information content (AvgIpc) is 2.29. The van der Waals surface area contributed by atoms with Gasteiger partial charge in [0.05, 0.1) is 17.8 Å². The lowest BCUT2D eigenvalue weighted by Crippen LogP contribution is -2.06. The number of hydrogen-bond acceptors (Lipinski definition) is 4. The fourth-order valence-electron chi connectivity index (χ4n) is 1.30. The van der Waals surface area contributed by atoms with Crippen LogP contribution in [0.4, 0.5) is 0 Å². The smallest absolute Gasteiger partial charge is 0.178 e. The van der Waals surface area contributed by atoms with Crippen molar-refractivity contribution in [2.24, 2.45) is 0 Å². The van der Waals surface area contributed by atoms with Crippen LogP contribution < -0.4 is 4.74 Å². The summed E-state index contributed by atoms with van der Waals surface area (Å²) in [5, 5.41) is 0. The molecule has 1 rings (SSSR count). The Kier molecular flexibility index (Phi) is 5.15. The van der Waals surface area contributed by atoms with Crippen LogP contribution in [-0.4, -0.2) is 27.0 Å². The highest BCUT2D eigenvalue weighted by molar-refractivity contribution is 7.91. The molecule has 0 N–H and O–H groups in total. The number of sulfone groups is 1. The van der Waals surface area contributed by atoms with Crippen LogP contribution in [0.3, 0.4) is 0 Å². The molecule has 0 unspecified atom stereocenters. The maximum Gasteiger partial charge on any atom is 0.178 e. The Hall–Kier alpha value is -0.680. The zero-order valence-electron chi connectivity index (χ0n) is 9.22. The van der Waals surface area contributed by atoms with Crippen LogP contribution in [-0.2, 0) is 9.84 Å². The van der Waals surface area contributed by atoms with Crippen molar-refractivity contribution in [3.63, 3.8) is 0 Å². The fourth-order valence-corrected chi connectivity index (χ4v) is 2.90. The number of ether oxygens (including phenoxy) is 1. The van der Waals surface area contributed by atoms with E-state index in [4.69, 9.17) is 4.74 Å². The van der Waals surface area contributed by atoms with Crippen molar-refractivity contribution in [2.75, 3.05) is 18.6 Å². The normalized spacial score (nSPS) is 11.4. The molecular formula is C11H16O3S2. The average molecular weight is 260 g/mol. The molecule has 1 aromatic rings. The van der Waals surface area contributed by atoms with Gasteiger partial charge in [-0.05, 0) is 42.9 Å². The Labute approximate surface area is 102 Å².